The molecule has 2 N–H and O–H groups in total. The Morgan fingerprint density at radius 3 is 3.00 bits per heavy atom. The van der Waals surface area contributed by atoms with Crippen molar-refractivity contribution in [2.75, 3.05) is 13.1 Å². The van der Waals surface area contributed by atoms with Gasteiger partial charge < -0.3 is 10.6 Å². The van der Waals surface area contributed by atoms with Gasteiger partial charge in [0.25, 0.3) is 0 Å². The summed E-state index contributed by atoms with van der Waals surface area (Å²) in [7, 11) is 0. The predicted octanol–water partition coefficient (Wildman–Crippen LogP) is 2.38. The molecule has 0 bridgehead atoms. The molecule has 1 amide bonds. The van der Waals surface area contributed by atoms with Crippen molar-refractivity contribution in [3.8, 4) is 0 Å². The van der Waals surface area contributed by atoms with Crippen molar-refractivity contribution >= 4 is 5.91 Å². The highest BCUT2D eigenvalue weighted by molar-refractivity contribution is 5.86. The molecule has 0 aromatic carbocycles. The Bertz CT molecular complexity index is 306. The van der Waals surface area contributed by atoms with Crippen molar-refractivity contribution in [2.45, 2.75) is 57.4 Å². The molecule has 1 fully saturated rings. The van der Waals surface area contributed by atoms with Gasteiger partial charge in [0.15, 0.2) is 0 Å². The van der Waals surface area contributed by atoms with Gasteiger partial charge in [0, 0.05) is 6.54 Å². The molecule has 0 radical (unpaired) electrons. The number of hydrogen-bond donors (Lipinski definition) is 2. The lowest BCUT2D eigenvalue weighted by molar-refractivity contribution is -0.127. The second kappa shape index (κ2) is 6.37. The molecular formula is C15H26N2O. The third kappa shape index (κ3) is 3.14. The van der Waals surface area contributed by atoms with Gasteiger partial charge in [0.1, 0.15) is 0 Å². The summed E-state index contributed by atoms with van der Waals surface area (Å²) >= 11 is 0. The first kappa shape index (κ1) is 13.6. The first-order valence-corrected chi connectivity index (χ1v) is 7.45. The van der Waals surface area contributed by atoms with Crippen molar-refractivity contribution in [3.63, 3.8) is 0 Å². The van der Waals surface area contributed by atoms with E-state index in [4.69, 9.17) is 0 Å². The topological polar surface area (TPSA) is 41.1 Å². The highest BCUT2D eigenvalue weighted by atomic mass is 16.2. The lowest BCUT2D eigenvalue weighted by Gasteiger charge is -2.29. The number of rotatable bonds is 5. The van der Waals surface area contributed by atoms with Crippen LogP contribution in [-0.2, 0) is 4.79 Å². The number of amides is 1. The van der Waals surface area contributed by atoms with Gasteiger partial charge in [-0.25, -0.2) is 0 Å². The van der Waals surface area contributed by atoms with Gasteiger partial charge in [-0.3, -0.25) is 4.79 Å². The minimum Gasteiger partial charge on any atom is -0.354 e. The van der Waals surface area contributed by atoms with Crippen LogP contribution in [0.4, 0.5) is 0 Å². The summed E-state index contributed by atoms with van der Waals surface area (Å²) in [5.74, 6) is 0.871. The van der Waals surface area contributed by atoms with Crippen molar-refractivity contribution in [3.05, 3.63) is 12.2 Å². The zero-order chi connectivity index (χ0) is 12.8. The molecule has 0 aromatic heterocycles. The fourth-order valence-corrected chi connectivity index (χ4v) is 3.20. The van der Waals surface area contributed by atoms with Gasteiger partial charge in [0.05, 0.1) is 5.54 Å². The molecule has 1 heterocycles. The zero-order valence-electron chi connectivity index (χ0n) is 11.5. The van der Waals surface area contributed by atoms with Crippen LogP contribution in [0.15, 0.2) is 12.2 Å². The molecule has 2 atom stereocenters. The van der Waals surface area contributed by atoms with E-state index in [9.17, 15) is 4.79 Å². The molecule has 1 aliphatic heterocycles. The molecule has 3 nitrogen and oxygen atoms in total. The third-order valence-corrected chi connectivity index (χ3v) is 4.28. The summed E-state index contributed by atoms with van der Waals surface area (Å²) in [5.41, 5.74) is -0.265. The van der Waals surface area contributed by atoms with Crippen LogP contribution in [0.3, 0.4) is 0 Å². The Kier molecular flexibility index (Phi) is 4.81. The molecule has 1 saturated heterocycles. The van der Waals surface area contributed by atoms with E-state index in [2.05, 4.69) is 29.7 Å². The van der Waals surface area contributed by atoms with Crippen molar-refractivity contribution in [2.24, 2.45) is 5.92 Å². The lowest BCUT2D eigenvalue weighted by Crippen LogP contribution is -2.54. The Labute approximate surface area is 110 Å². The molecule has 0 saturated carbocycles. The molecule has 18 heavy (non-hydrogen) atoms. The van der Waals surface area contributed by atoms with E-state index in [0.29, 0.717) is 5.92 Å². The highest BCUT2D eigenvalue weighted by Crippen LogP contribution is 2.25. The summed E-state index contributed by atoms with van der Waals surface area (Å²) in [6.07, 6.45) is 12.1. The smallest absolute Gasteiger partial charge is 0.240 e. The van der Waals surface area contributed by atoms with Gasteiger partial charge in [-0.2, -0.15) is 0 Å². The predicted molar refractivity (Wildman–Crippen MR) is 74.4 cm³/mol. The van der Waals surface area contributed by atoms with Crippen LogP contribution in [0.5, 0.6) is 0 Å². The lowest BCUT2D eigenvalue weighted by atomic mass is 9.90. The van der Waals surface area contributed by atoms with Gasteiger partial charge in [-0.15, -0.1) is 0 Å². The van der Waals surface area contributed by atoms with E-state index in [-0.39, 0.29) is 11.4 Å². The second-order valence-electron chi connectivity index (χ2n) is 5.72. The average molecular weight is 250 g/mol. The number of allylic oxidation sites excluding steroid dienone is 2. The van der Waals surface area contributed by atoms with E-state index in [1.165, 1.54) is 12.8 Å². The first-order valence-electron chi connectivity index (χ1n) is 7.45. The quantitative estimate of drug-likeness (QED) is 0.736. The molecule has 0 spiro atoms. The summed E-state index contributed by atoms with van der Waals surface area (Å²) in [6.45, 7) is 3.98. The number of carbonyl (C=O) groups is 1. The van der Waals surface area contributed by atoms with Crippen LogP contribution >= 0.6 is 0 Å². The van der Waals surface area contributed by atoms with Crippen LogP contribution in [0.1, 0.15) is 51.9 Å². The van der Waals surface area contributed by atoms with Crippen molar-refractivity contribution < 1.29 is 4.79 Å². The fraction of sp³-hybridized carbons (Fsp3) is 0.800. The molecule has 102 valence electrons. The van der Waals surface area contributed by atoms with Crippen LogP contribution in [-0.4, -0.2) is 24.5 Å². The molecule has 2 aliphatic rings. The fourth-order valence-electron chi connectivity index (χ4n) is 3.20. The first-order chi connectivity index (χ1) is 8.77. The standard InChI is InChI=1S/C15H26N2O/c1-2-9-15(10-6-11-17-15)14(18)16-12-13-7-4-3-5-8-13/h3-4,13,17H,2,5-12H2,1H3,(H,16,18). The SMILES string of the molecule is CCCC1(C(=O)NCC2CC=CCC2)CCCN1. The minimum absolute atomic E-state index is 0.233. The summed E-state index contributed by atoms with van der Waals surface area (Å²) in [4.78, 5) is 12.4. The second-order valence-corrected chi connectivity index (χ2v) is 5.72. The maximum Gasteiger partial charge on any atom is 0.240 e. The summed E-state index contributed by atoms with van der Waals surface area (Å²) < 4.78 is 0. The normalized spacial score (nSPS) is 31.5. The molecule has 3 heteroatoms. The number of carbonyl (C=O) groups excluding carboxylic acids is 1. The average Bonchev–Trinajstić information content (AvgIpc) is 2.87. The van der Waals surface area contributed by atoms with Crippen LogP contribution in [0.25, 0.3) is 0 Å². The Morgan fingerprint density at radius 2 is 2.39 bits per heavy atom. The van der Waals surface area contributed by atoms with E-state index in [0.717, 1.165) is 45.2 Å². The van der Waals surface area contributed by atoms with Crippen LogP contribution < -0.4 is 10.6 Å². The minimum atomic E-state index is -0.265. The maximum absolute atomic E-state index is 12.4. The van der Waals surface area contributed by atoms with Gasteiger partial charge in [-0.05, 0) is 51.0 Å². The highest BCUT2D eigenvalue weighted by Gasteiger charge is 2.39. The van der Waals surface area contributed by atoms with Crippen LogP contribution in [0, 0.1) is 5.92 Å². The largest absolute Gasteiger partial charge is 0.354 e. The molecule has 0 aromatic rings. The van der Waals surface area contributed by atoms with Crippen molar-refractivity contribution in [1.82, 2.24) is 10.6 Å². The van der Waals surface area contributed by atoms with E-state index >= 15 is 0 Å². The maximum atomic E-state index is 12.4. The third-order valence-electron chi connectivity index (χ3n) is 4.28. The Balaban J connectivity index is 1.83. The molecule has 2 rings (SSSR count). The zero-order valence-corrected chi connectivity index (χ0v) is 11.5. The van der Waals surface area contributed by atoms with Gasteiger partial charge in [0.2, 0.25) is 5.91 Å². The van der Waals surface area contributed by atoms with Crippen LogP contribution in [0.2, 0.25) is 0 Å². The summed E-state index contributed by atoms with van der Waals surface area (Å²) in [6, 6.07) is 0. The van der Waals surface area contributed by atoms with E-state index in [1.807, 2.05) is 0 Å². The van der Waals surface area contributed by atoms with Gasteiger partial charge in [-0.1, -0.05) is 25.5 Å². The summed E-state index contributed by atoms with van der Waals surface area (Å²) in [5, 5.41) is 6.62. The van der Waals surface area contributed by atoms with E-state index < -0.39 is 0 Å². The monoisotopic (exact) mass is 250 g/mol. The Morgan fingerprint density at radius 1 is 1.50 bits per heavy atom. The Hall–Kier alpha value is -0.830. The molecular weight excluding hydrogens is 224 g/mol. The van der Waals surface area contributed by atoms with E-state index in [1.54, 1.807) is 0 Å². The molecule has 2 unspecified atom stereocenters. The number of hydrogen-bond acceptors (Lipinski definition) is 2. The molecule has 1 aliphatic carbocycles. The number of nitrogens with one attached hydrogen (secondary N) is 2. The van der Waals surface area contributed by atoms with Crippen molar-refractivity contribution in [1.29, 1.82) is 0 Å². The van der Waals surface area contributed by atoms with Gasteiger partial charge >= 0.3 is 0 Å².